The highest BCUT2D eigenvalue weighted by molar-refractivity contribution is 5.87. The molecule has 0 amide bonds. The van der Waals surface area contributed by atoms with Gasteiger partial charge in [-0.05, 0) is 37.4 Å². The van der Waals surface area contributed by atoms with Crippen LogP contribution in [0.1, 0.15) is 43.7 Å². The summed E-state index contributed by atoms with van der Waals surface area (Å²) in [7, 11) is 2.12. The Morgan fingerprint density at radius 1 is 1.00 bits per heavy atom. The number of piperidine rings is 1. The number of ether oxygens (including phenoxy) is 1. The summed E-state index contributed by atoms with van der Waals surface area (Å²) in [6, 6.07) is 20.2. The highest BCUT2D eigenvalue weighted by Gasteiger charge is 2.43. The first-order valence-corrected chi connectivity index (χ1v) is 9.67. The smallest absolute Gasteiger partial charge is 0.321 e. The van der Waals surface area contributed by atoms with Gasteiger partial charge >= 0.3 is 5.97 Å². The van der Waals surface area contributed by atoms with Crippen LogP contribution < -0.4 is 0 Å². The summed E-state index contributed by atoms with van der Waals surface area (Å²) in [4.78, 5) is 15.9. The lowest BCUT2D eigenvalue weighted by molar-refractivity contribution is -0.157. The molecule has 26 heavy (non-hydrogen) atoms. The fraction of sp³-hybridized carbons (Fsp3) is 0.435. The predicted molar refractivity (Wildman–Crippen MR) is 105 cm³/mol. The molecular formula is C23H29NO2. The number of carbonyl (C=O) groups excluding carboxylic acids is 1. The zero-order chi connectivity index (χ0) is 18.4. The largest absolute Gasteiger partial charge is 0.461 e. The van der Waals surface area contributed by atoms with E-state index in [2.05, 4.69) is 43.1 Å². The zero-order valence-corrected chi connectivity index (χ0v) is 15.9. The Balaban J connectivity index is 1.98. The van der Waals surface area contributed by atoms with Gasteiger partial charge in [0.25, 0.3) is 0 Å². The van der Waals surface area contributed by atoms with Crippen LogP contribution in [0.5, 0.6) is 0 Å². The quantitative estimate of drug-likeness (QED) is 0.722. The lowest BCUT2D eigenvalue weighted by Gasteiger charge is -2.36. The van der Waals surface area contributed by atoms with Crippen LogP contribution in [0.3, 0.4) is 0 Å². The SMILES string of the molecule is CCCC(C(=O)OC1CCN(C)CC1)(c1ccccc1)c1ccccc1. The summed E-state index contributed by atoms with van der Waals surface area (Å²) < 4.78 is 6.10. The second kappa shape index (κ2) is 8.50. The fourth-order valence-corrected chi connectivity index (χ4v) is 3.97. The van der Waals surface area contributed by atoms with Gasteiger partial charge in [-0.3, -0.25) is 4.79 Å². The number of hydrogen-bond donors (Lipinski definition) is 0. The molecule has 3 heteroatoms. The summed E-state index contributed by atoms with van der Waals surface area (Å²) >= 11 is 0. The van der Waals surface area contributed by atoms with Gasteiger partial charge in [0.1, 0.15) is 11.5 Å². The molecule has 0 aliphatic carbocycles. The van der Waals surface area contributed by atoms with E-state index in [1.54, 1.807) is 0 Å². The maximum Gasteiger partial charge on any atom is 0.321 e. The van der Waals surface area contributed by atoms with Gasteiger partial charge in [-0.2, -0.15) is 0 Å². The molecule has 0 aromatic heterocycles. The van der Waals surface area contributed by atoms with Gasteiger partial charge in [-0.15, -0.1) is 0 Å². The number of rotatable bonds is 6. The molecule has 1 aliphatic heterocycles. The van der Waals surface area contributed by atoms with E-state index < -0.39 is 5.41 Å². The van der Waals surface area contributed by atoms with Crippen molar-refractivity contribution in [2.75, 3.05) is 20.1 Å². The minimum Gasteiger partial charge on any atom is -0.461 e. The van der Waals surface area contributed by atoms with Crippen LogP contribution in [0.2, 0.25) is 0 Å². The van der Waals surface area contributed by atoms with E-state index in [1.165, 1.54) is 0 Å². The van der Waals surface area contributed by atoms with E-state index in [9.17, 15) is 4.79 Å². The Bertz CT molecular complexity index is 651. The Labute approximate surface area is 157 Å². The molecule has 3 nitrogen and oxygen atoms in total. The Kier molecular flexibility index (Phi) is 6.10. The zero-order valence-electron chi connectivity index (χ0n) is 15.9. The second-order valence-electron chi connectivity index (χ2n) is 7.30. The van der Waals surface area contributed by atoms with Crippen molar-refractivity contribution in [3.05, 3.63) is 71.8 Å². The molecule has 1 fully saturated rings. The number of esters is 1. The predicted octanol–water partition coefficient (Wildman–Crippen LogP) is 4.41. The van der Waals surface area contributed by atoms with E-state index in [4.69, 9.17) is 4.74 Å². The van der Waals surface area contributed by atoms with Crippen molar-refractivity contribution in [3.8, 4) is 0 Å². The van der Waals surface area contributed by atoms with E-state index in [1.807, 2.05) is 36.4 Å². The number of carbonyl (C=O) groups is 1. The maximum atomic E-state index is 13.6. The van der Waals surface area contributed by atoms with Crippen LogP contribution >= 0.6 is 0 Å². The average molecular weight is 351 g/mol. The summed E-state index contributed by atoms with van der Waals surface area (Å²) in [5.41, 5.74) is 1.30. The van der Waals surface area contributed by atoms with Crippen molar-refractivity contribution >= 4 is 5.97 Å². The van der Waals surface area contributed by atoms with Crippen molar-refractivity contribution in [2.45, 2.75) is 44.1 Å². The first-order valence-electron chi connectivity index (χ1n) is 9.67. The van der Waals surface area contributed by atoms with Crippen molar-refractivity contribution < 1.29 is 9.53 Å². The number of nitrogens with zero attached hydrogens (tertiary/aromatic N) is 1. The van der Waals surface area contributed by atoms with Crippen LogP contribution in [0.15, 0.2) is 60.7 Å². The number of benzene rings is 2. The minimum absolute atomic E-state index is 0.0161. The van der Waals surface area contributed by atoms with Crippen molar-refractivity contribution in [1.29, 1.82) is 0 Å². The van der Waals surface area contributed by atoms with Gasteiger partial charge in [-0.1, -0.05) is 74.0 Å². The topological polar surface area (TPSA) is 29.5 Å². The first-order chi connectivity index (χ1) is 12.7. The van der Waals surface area contributed by atoms with Crippen LogP contribution in [0.4, 0.5) is 0 Å². The molecule has 1 saturated heterocycles. The van der Waals surface area contributed by atoms with E-state index >= 15 is 0 Å². The molecule has 2 aromatic rings. The molecule has 3 rings (SSSR count). The van der Waals surface area contributed by atoms with E-state index in [0.717, 1.165) is 49.9 Å². The Morgan fingerprint density at radius 3 is 1.96 bits per heavy atom. The third-order valence-electron chi connectivity index (χ3n) is 5.45. The molecule has 0 radical (unpaired) electrons. The molecule has 0 unspecified atom stereocenters. The summed E-state index contributed by atoms with van der Waals surface area (Å²) in [5.74, 6) is -0.105. The van der Waals surface area contributed by atoms with Gasteiger partial charge in [0.2, 0.25) is 0 Å². The van der Waals surface area contributed by atoms with E-state index in [-0.39, 0.29) is 12.1 Å². The Morgan fingerprint density at radius 2 is 1.50 bits per heavy atom. The summed E-state index contributed by atoms with van der Waals surface area (Å²) in [6.45, 7) is 4.09. The lowest BCUT2D eigenvalue weighted by atomic mass is 9.71. The average Bonchev–Trinajstić information content (AvgIpc) is 2.69. The summed E-state index contributed by atoms with van der Waals surface area (Å²) in [6.07, 6.45) is 3.49. The second-order valence-corrected chi connectivity index (χ2v) is 7.30. The van der Waals surface area contributed by atoms with Gasteiger partial charge in [-0.25, -0.2) is 0 Å². The monoisotopic (exact) mass is 351 g/mol. The van der Waals surface area contributed by atoms with Crippen LogP contribution in [-0.2, 0) is 14.9 Å². The van der Waals surface area contributed by atoms with Crippen molar-refractivity contribution in [1.82, 2.24) is 4.90 Å². The summed E-state index contributed by atoms with van der Waals surface area (Å²) in [5, 5.41) is 0. The first kappa shape index (κ1) is 18.7. The molecule has 0 bridgehead atoms. The van der Waals surface area contributed by atoms with Gasteiger partial charge in [0.15, 0.2) is 0 Å². The number of hydrogen-bond acceptors (Lipinski definition) is 3. The van der Waals surface area contributed by atoms with Gasteiger partial charge in [0.05, 0.1) is 0 Å². The highest BCUT2D eigenvalue weighted by atomic mass is 16.5. The minimum atomic E-state index is -0.735. The molecule has 0 atom stereocenters. The molecule has 0 N–H and O–H groups in total. The normalized spacial score (nSPS) is 16.4. The fourth-order valence-electron chi connectivity index (χ4n) is 3.97. The molecule has 0 spiro atoms. The highest BCUT2D eigenvalue weighted by Crippen LogP contribution is 2.39. The molecule has 138 valence electrons. The van der Waals surface area contributed by atoms with Crippen molar-refractivity contribution in [2.24, 2.45) is 0 Å². The maximum absolute atomic E-state index is 13.6. The van der Waals surface area contributed by atoms with Crippen LogP contribution in [-0.4, -0.2) is 37.1 Å². The van der Waals surface area contributed by atoms with Gasteiger partial charge in [0, 0.05) is 13.1 Å². The van der Waals surface area contributed by atoms with E-state index in [0.29, 0.717) is 0 Å². The third-order valence-corrected chi connectivity index (χ3v) is 5.45. The van der Waals surface area contributed by atoms with Crippen molar-refractivity contribution in [3.63, 3.8) is 0 Å². The lowest BCUT2D eigenvalue weighted by Crippen LogP contribution is -2.43. The van der Waals surface area contributed by atoms with Crippen LogP contribution in [0, 0.1) is 0 Å². The third kappa shape index (κ3) is 3.83. The number of likely N-dealkylation sites (tertiary alicyclic amines) is 1. The molecule has 2 aromatic carbocycles. The molecule has 0 saturated carbocycles. The van der Waals surface area contributed by atoms with Crippen LogP contribution in [0.25, 0.3) is 0 Å². The Hall–Kier alpha value is -2.13. The molecular weight excluding hydrogens is 322 g/mol. The molecule has 1 heterocycles. The van der Waals surface area contributed by atoms with Gasteiger partial charge < -0.3 is 9.64 Å². The standard InChI is InChI=1S/C23H29NO2/c1-3-16-23(19-10-6-4-7-11-19,20-12-8-5-9-13-20)22(25)26-21-14-17-24(2)18-15-21/h4-13,21H,3,14-18H2,1-2H3. The molecule has 1 aliphatic rings.